The van der Waals surface area contributed by atoms with Gasteiger partial charge in [0.25, 0.3) is 0 Å². The molecule has 0 atom stereocenters. The summed E-state index contributed by atoms with van der Waals surface area (Å²) in [5, 5.41) is 6.69. The lowest BCUT2D eigenvalue weighted by Crippen LogP contribution is -2.07. The van der Waals surface area contributed by atoms with Gasteiger partial charge in [-0.05, 0) is 36.2 Å². The molecule has 0 fully saturated rings. The summed E-state index contributed by atoms with van der Waals surface area (Å²) in [5.74, 6) is 1.37. The van der Waals surface area contributed by atoms with Crippen LogP contribution in [0.2, 0.25) is 10.3 Å². The second-order valence-electron chi connectivity index (χ2n) is 4.15. The van der Waals surface area contributed by atoms with E-state index < -0.39 is 0 Å². The van der Waals surface area contributed by atoms with Crippen LogP contribution in [0.1, 0.15) is 13.3 Å². The van der Waals surface area contributed by atoms with Crippen molar-refractivity contribution in [2.75, 3.05) is 24.3 Å². The largest absolute Gasteiger partial charge is 0.495 e. The zero-order chi connectivity index (χ0) is 15.2. The second kappa shape index (κ2) is 7.28. The number of nitrogens with zero attached hydrogens (tertiary/aromatic N) is 3. The van der Waals surface area contributed by atoms with Crippen LogP contribution < -0.4 is 15.4 Å². The predicted molar refractivity (Wildman–Crippen MR) is 84.9 cm³/mol. The number of hydrogen-bond acceptors (Lipinski definition) is 6. The number of methoxy groups -OCH3 is 1. The third-order valence-electron chi connectivity index (χ3n) is 2.55. The molecule has 112 valence electrons. The van der Waals surface area contributed by atoms with Crippen LogP contribution in [0, 0.1) is 0 Å². The summed E-state index contributed by atoms with van der Waals surface area (Å²) in [6.45, 7) is 2.81. The average Bonchev–Trinajstić information content (AvgIpc) is 2.45. The topological polar surface area (TPSA) is 72.0 Å². The lowest BCUT2D eigenvalue weighted by atomic mass is 10.3. The maximum absolute atomic E-state index is 6.07. The fourth-order valence-corrected chi connectivity index (χ4v) is 2.01. The smallest absolute Gasteiger partial charge is 0.233 e. The van der Waals surface area contributed by atoms with Crippen molar-refractivity contribution in [2.45, 2.75) is 13.3 Å². The van der Waals surface area contributed by atoms with Gasteiger partial charge >= 0.3 is 0 Å². The van der Waals surface area contributed by atoms with Crippen molar-refractivity contribution in [3.63, 3.8) is 0 Å². The molecule has 2 aromatic rings. The summed E-state index contributed by atoms with van der Waals surface area (Å²) in [4.78, 5) is 12.3. The van der Waals surface area contributed by atoms with Crippen molar-refractivity contribution >= 4 is 40.8 Å². The minimum atomic E-state index is 0.116. The number of hydrogen-bond donors (Lipinski definition) is 2. The number of halogens is 2. The molecule has 1 aromatic carbocycles. The van der Waals surface area contributed by atoms with E-state index in [4.69, 9.17) is 27.9 Å². The zero-order valence-corrected chi connectivity index (χ0v) is 13.2. The third kappa shape index (κ3) is 4.34. The Morgan fingerprint density at radius 2 is 1.90 bits per heavy atom. The highest BCUT2D eigenvalue weighted by Crippen LogP contribution is 2.28. The van der Waals surface area contributed by atoms with E-state index >= 15 is 0 Å². The van der Waals surface area contributed by atoms with Crippen LogP contribution in [0.4, 0.5) is 17.6 Å². The molecule has 0 radical (unpaired) electrons. The van der Waals surface area contributed by atoms with Gasteiger partial charge in [0.2, 0.25) is 17.2 Å². The highest BCUT2D eigenvalue weighted by molar-refractivity contribution is 6.32. The molecule has 0 aliphatic rings. The van der Waals surface area contributed by atoms with Crippen LogP contribution in [0.5, 0.6) is 5.75 Å². The molecule has 0 unspecified atom stereocenters. The molecule has 0 saturated heterocycles. The summed E-state index contributed by atoms with van der Waals surface area (Å²) >= 11 is 12.0. The van der Waals surface area contributed by atoms with E-state index in [-0.39, 0.29) is 5.28 Å². The van der Waals surface area contributed by atoms with Crippen LogP contribution in [0.3, 0.4) is 0 Å². The molecular weight excluding hydrogens is 313 g/mol. The van der Waals surface area contributed by atoms with Crippen LogP contribution in [0.25, 0.3) is 0 Å². The number of anilines is 3. The maximum atomic E-state index is 6.07. The van der Waals surface area contributed by atoms with Gasteiger partial charge in [-0.2, -0.15) is 15.0 Å². The minimum Gasteiger partial charge on any atom is -0.495 e. The molecule has 6 nitrogen and oxygen atoms in total. The van der Waals surface area contributed by atoms with Crippen molar-refractivity contribution in [2.24, 2.45) is 0 Å². The predicted octanol–water partition coefficient (Wildman–Crippen LogP) is 3.75. The van der Waals surface area contributed by atoms with Gasteiger partial charge in [0.05, 0.1) is 12.1 Å². The minimum absolute atomic E-state index is 0.116. The van der Waals surface area contributed by atoms with Crippen molar-refractivity contribution in [3.8, 4) is 5.75 Å². The van der Waals surface area contributed by atoms with Crippen molar-refractivity contribution in [1.82, 2.24) is 15.0 Å². The van der Waals surface area contributed by atoms with Crippen molar-refractivity contribution in [1.29, 1.82) is 0 Å². The van der Waals surface area contributed by atoms with E-state index in [9.17, 15) is 0 Å². The number of rotatable bonds is 6. The van der Waals surface area contributed by atoms with Crippen LogP contribution in [0.15, 0.2) is 18.2 Å². The van der Waals surface area contributed by atoms with Gasteiger partial charge in [0, 0.05) is 12.2 Å². The third-order valence-corrected chi connectivity index (χ3v) is 3.01. The van der Waals surface area contributed by atoms with E-state index in [0.717, 1.165) is 18.7 Å². The highest BCUT2D eigenvalue weighted by atomic mass is 35.5. The summed E-state index contributed by atoms with van der Waals surface area (Å²) in [6, 6.07) is 5.28. The van der Waals surface area contributed by atoms with E-state index in [1.54, 1.807) is 19.2 Å². The Morgan fingerprint density at radius 3 is 2.57 bits per heavy atom. The Balaban J connectivity index is 2.18. The molecular formula is C13H15Cl2N5O. The van der Waals surface area contributed by atoms with Crippen LogP contribution in [-0.2, 0) is 0 Å². The van der Waals surface area contributed by atoms with E-state index in [1.807, 2.05) is 13.0 Å². The summed E-state index contributed by atoms with van der Waals surface area (Å²) in [5.41, 5.74) is 0.726. The molecule has 0 bridgehead atoms. The van der Waals surface area contributed by atoms with E-state index in [0.29, 0.717) is 22.7 Å². The summed E-state index contributed by atoms with van der Waals surface area (Å²) in [6.07, 6.45) is 0.958. The zero-order valence-electron chi connectivity index (χ0n) is 11.7. The first-order valence-corrected chi connectivity index (χ1v) is 7.14. The molecule has 8 heteroatoms. The lowest BCUT2D eigenvalue weighted by molar-refractivity contribution is 0.415. The summed E-state index contributed by atoms with van der Waals surface area (Å²) < 4.78 is 5.10. The number of benzene rings is 1. The van der Waals surface area contributed by atoms with Crippen molar-refractivity contribution < 1.29 is 4.74 Å². The molecule has 0 saturated carbocycles. The first-order valence-electron chi connectivity index (χ1n) is 6.38. The number of aromatic nitrogens is 3. The van der Waals surface area contributed by atoms with Gasteiger partial charge in [-0.25, -0.2) is 0 Å². The SMILES string of the molecule is CCCNc1nc(Cl)nc(Nc2ccc(OC)c(Cl)c2)n1. The number of ether oxygens (including phenoxy) is 1. The molecule has 2 rings (SSSR count). The lowest BCUT2D eigenvalue weighted by Gasteiger charge is -2.09. The number of nitrogens with one attached hydrogen (secondary N) is 2. The van der Waals surface area contributed by atoms with E-state index in [1.165, 1.54) is 0 Å². The molecule has 2 N–H and O–H groups in total. The Bertz CT molecular complexity index is 624. The Labute approximate surface area is 132 Å². The fraction of sp³-hybridized carbons (Fsp3) is 0.308. The fourth-order valence-electron chi connectivity index (χ4n) is 1.60. The van der Waals surface area contributed by atoms with Gasteiger partial charge < -0.3 is 15.4 Å². The molecule has 0 aliphatic heterocycles. The van der Waals surface area contributed by atoms with Crippen LogP contribution >= 0.6 is 23.2 Å². The molecule has 0 amide bonds. The first-order chi connectivity index (χ1) is 10.1. The Kier molecular flexibility index (Phi) is 5.41. The molecule has 1 aromatic heterocycles. The average molecular weight is 328 g/mol. The van der Waals surface area contributed by atoms with Gasteiger partial charge in [-0.1, -0.05) is 18.5 Å². The molecule has 0 aliphatic carbocycles. The van der Waals surface area contributed by atoms with Crippen molar-refractivity contribution in [3.05, 3.63) is 28.5 Å². The quantitative estimate of drug-likeness (QED) is 0.841. The highest BCUT2D eigenvalue weighted by Gasteiger charge is 2.07. The first kappa shape index (κ1) is 15.6. The van der Waals surface area contributed by atoms with Gasteiger partial charge in [0.1, 0.15) is 5.75 Å². The monoisotopic (exact) mass is 327 g/mol. The maximum Gasteiger partial charge on any atom is 0.233 e. The van der Waals surface area contributed by atoms with E-state index in [2.05, 4.69) is 25.6 Å². The Morgan fingerprint density at radius 1 is 1.14 bits per heavy atom. The Hall–Kier alpha value is -1.79. The van der Waals surface area contributed by atoms with Gasteiger partial charge in [-0.15, -0.1) is 0 Å². The van der Waals surface area contributed by atoms with Crippen LogP contribution in [-0.4, -0.2) is 28.6 Å². The van der Waals surface area contributed by atoms with Gasteiger partial charge in [-0.3, -0.25) is 0 Å². The molecule has 21 heavy (non-hydrogen) atoms. The summed E-state index contributed by atoms with van der Waals surface area (Å²) in [7, 11) is 1.56. The normalized spacial score (nSPS) is 10.3. The molecule has 0 spiro atoms. The molecule has 1 heterocycles. The standard InChI is InChI=1S/C13H15Cl2N5O/c1-3-6-16-12-18-11(15)19-13(20-12)17-8-4-5-10(21-2)9(14)7-8/h4-5,7H,3,6H2,1-2H3,(H2,16,17,18,19,20). The van der Waals surface area contributed by atoms with Gasteiger partial charge in [0.15, 0.2) is 0 Å². The second-order valence-corrected chi connectivity index (χ2v) is 4.90.